The Bertz CT molecular complexity index is 223. The van der Waals surface area contributed by atoms with Crippen molar-refractivity contribution < 1.29 is 4.79 Å². The van der Waals surface area contributed by atoms with Crippen molar-refractivity contribution in [3.05, 3.63) is 0 Å². The van der Waals surface area contributed by atoms with Gasteiger partial charge in [-0.3, -0.25) is 9.69 Å². The second kappa shape index (κ2) is 5.30. The highest BCUT2D eigenvalue weighted by Crippen LogP contribution is 2.17. The third-order valence-corrected chi connectivity index (χ3v) is 4.34. The average Bonchev–Trinajstić information content (AvgIpc) is 2.23. The van der Waals surface area contributed by atoms with Crippen molar-refractivity contribution in [2.75, 3.05) is 20.1 Å². The van der Waals surface area contributed by atoms with E-state index < -0.39 is 0 Å². The molecule has 0 bridgehead atoms. The number of piperazine rings is 1. The number of amides is 1. The van der Waals surface area contributed by atoms with Crippen molar-refractivity contribution in [1.82, 2.24) is 9.80 Å². The monoisotopic (exact) mass is 276 g/mol. The highest BCUT2D eigenvalue weighted by molar-refractivity contribution is 9.10. The van der Waals surface area contributed by atoms with E-state index in [1.165, 1.54) is 0 Å². The summed E-state index contributed by atoms with van der Waals surface area (Å²) in [4.78, 5) is 16.3. The second-order valence-corrected chi connectivity index (χ2v) is 5.59. The van der Waals surface area contributed by atoms with Gasteiger partial charge in [-0.25, -0.2) is 0 Å². The molecule has 0 radical (unpaired) electrons. The first-order valence-electron chi connectivity index (χ1n) is 5.62. The van der Waals surface area contributed by atoms with Crippen LogP contribution in [0, 0.1) is 0 Å². The molecule has 1 rings (SSSR count). The highest BCUT2D eigenvalue weighted by Gasteiger charge is 2.31. The van der Waals surface area contributed by atoms with Crippen molar-refractivity contribution in [2.24, 2.45) is 0 Å². The molecule has 88 valence electrons. The molecular formula is C11H21BrN2O. The molecule has 0 saturated carbocycles. The molecule has 3 nitrogen and oxygen atoms in total. The number of halogens is 1. The summed E-state index contributed by atoms with van der Waals surface area (Å²) >= 11 is 3.43. The summed E-state index contributed by atoms with van der Waals surface area (Å²) in [5.74, 6) is 0.240. The van der Waals surface area contributed by atoms with E-state index in [1.807, 2.05) is 11.8 Å². The van der Waals surface area contributed by atoms with Crippen LogP contribution >= 0.6 is 15.9 Å². The number of nitrogens with zero attached hydrogens (tertiary/aromatic N) is 2. The number of hydrogen-bond acceptors (Lipinski definition) is 2. The Morgan fingerprint density at radius 3 is 2.27 bits per heavy atom. The van der Waals surface area contributed by atoms with Gasteiger partial charge < -0.3 is 4.90 Å². The molecule has 1 amide bonds. The number of alkyl halides is 1. The van der Waals surface area contributed by atoms with Crippen LogP contribution in [0.15, 0.2) is 0 Å². The molecule has 3 atom stereocenters. The molecular weight excluding hydrogens is 256 g/mol. The van der Waals surface area contributed by atoms with Gasteiger partial charge in [-0.15, -0.1) is 0 Å². The van der Waals surface area contributed by atoms with Gasteiger partial charge in [-0.2, -0.15) is 0 Å². The summed E-state index contributed by atoms with van der Waals surface area (Å²) in [6.45, 7) is 8.07. The van der Waals surface area contributed by atoms with E-state index in [0.29, 0.717) is 12.1 Å². The Hall–Kier alpha value is -0.0900. The maximum absolute atomic E-state index is 12.0. The van der Waals surface area contributed by atoms with Crippen LogP contribution in [0.2, 0.25) is 0 Å². The summed E-state index contributed by atoms with van der Waals surface area (Å²) in [6, 6.07) is 0.906. The third kappa shape index (κ3) is 2.94. The molecule has 15 heavy (non-hydrogen) atoms. The molecule has 0 aromatic heterocycles. The lowest BCUT2D eigenvalue weighted by Gasteiger charge is -2.43. The number of carbonyl (C=O) groups is 1. The van der Waals surface area contributed by atoms with Gasteiger partial charge in [-0.05, 0) is 27.3 Å². The van der Waals surface area contributed by atoms with Crippen LogP contribution in [0.3, 0.4) is 0 Å². The maximum atomic E-state index is 12.0. The van der Waals surface area contributed by atoms with Crippen LogP contribution in [0.1, 0.15) is 27.2 Å². The minimum Gasteiger partial charge on any atom is -0.339 e. The van der Waals surface area contributed by atoms with Gasteiger partial charge in [0, 0.05) is 25.2 Å². The predicted molar refractivity (Wildman–Crippen MR) is 66.3 cm³/mol. The van der Waals surface area contributed by atoms with Gasteiger partial charge in [0.25, 0.3) is 0 Å². The van der Waals surface area contributed by atoms with Gasteiger partial charge in [0.05, 0.1) is 4.83 Å². The lowest BCUT2D eigenvalue weighted by atomic mass is 10.1. The fraction of sp³-hybridized carbons (Fsp3) is 0.909. The SMILES string of the molecule is CCC(Br)C(=O)N1C[C@@H](C)N(C)[C@@H](C)C1. The molecule has 1 aliphatic rings. The average molecular weight is 277 g/mol. The van der Waals surface area contributed by atoms with E-state index >= 15 is 0 Å². The van der Waals surface area contributed by atoms with Crippen molar-refractivity contribution >= 4 is 21.8 Å². The Labute approximate surface area is 101 Å². The van der Waals surface area contributed by atoms with Gasteiger partial charge in [0.15, 0.2) is 0 Å². The normalized spacial score (nSPS) is 30.3. The lowest BCUT2D eigenvalue weighted by Crippen LogP contribution is -2.57. The molecule has 0 aromatic carbocycles. The van der Waals surface area contributed by atoms with Crippen LogP contribution in [0.5, 0.6) is 0 Å². The number of likely N-dealkylation sites (N-methyl/N-ethyl adjacent to an activating group) is 1. The van der Waals surface area contributed by atoms with E-state index in [4.69, 9.17) is 0 Å². The molecule has 1 saturated heterocycles. The van der Waals surface area contributed by atoms with Gasteiger partial charge in [0.1, 0.15) is 0 Å². The first-order valence-corrected chi connectivity index (χ1v) is 6.53. The Balaban J connectivity index is 2.61. The molecule has 4 heteroatoms. The number of carbonyl (C=O) groups excluding carboxylic acids is 1. The number of rotatable bonds is 2. The quantitative estimate of drug-likeness (QED) is 0.717. The first-order chi connectivity index (χ1) is 6.97. The van der Waals surface area contributed by atoms with Crippen LogP contribution < -0.4 is 0 Å². The van der Waals surface area contributed by atoms with Crippen LogP contribution in [-0.2, 0) is 4.79 Å². The largest absolute Gasteiger partial charge is 0.339 e. The van der Waals surface area contributed by atoms with Crippen molar-refractivity contribution in [1.29, 1.82) is 0 Å². The Morgan fingerprint density at radius 2 is 1.87 bits per heavy atom. The molecule has 1 fully saturated rings. The van der Waals surface area contributed by atoms with Gasteiger partial charge in [-0.1, -0.05) is 22.9 Å². The molecule has 0 aromatic rings. The molecule has 1 heterocycles. The maximum Gasteiger partial charge on any atom is 0.236 e. The van der Waals surface area contributed by atoms with E-state index in [0.717, 1.165) is 19.5 Å². The van der Waals surface area contributed by atoms with E-state index in [-0.39, 0.29) is 10.7 Å². The molecule has 0 aliphatic carbocycles. The van der Waals surface area contributed by atoms with E-state index in [2.05, 4.69) is 41.7 Å². The minimum absolute atomic E-state index is 0.0136. The zero-order valence-electron chi connectivity index (χ0n) is 10.0. The zero-order chi connectivity index (χ0) is 11.6. The highest BCUT2D eigenvalue weighted by atomic mass is 79.9. The second-order valence-electron chi connectivity index (χ2n) is 4.48. The van der Waals surface area contributed by atoms with Crippen molar-refractivity contribution in [3.63, 3.8) is 0 Å². The molecule has 0 spiro atoms. The summed E-state index contributed by atoms with van der Waals surface area (Å²) in [6.07, 6.45) is 0.855. The van der Waals surface area contributed by atoms with Crippen LogP contribution in [0.4, 0.5) is 0 Å². The number of hydrogen-bond donors (Lipinski definition) is 0. The zero-order valence-corrected chi connectivity index (χ0v) is 11.6. The lowest BCUT2D eigenvalue weighted by molar-refractivity contribution is -0.134. The fourth-order valence-electron chi connectivity index (χ4n) is 1.96. The summed E-state index contributed by atoms with van der Waals surface area (Å²) in [7, 11) is 2.13. The van der Waals surface area contributed by atoms with Gasteiger partial charge >= 0.3 is 0 Å². The smallest absolute Gasteiger partial charge is 0.236 e. The van der Waals surface area contributed by atoms with E-state index in [1.54, 1.807) is 0 Å². The van der Waals surface area contributed by atoms with Crippen molar-refractivity contribution in [3.8, 4) is 0 Å². The van der Waals surface area contributed by atoms with Crippen LogP contribution in [-0.4, -0.2) is 52.8 Å². The van der Waals surface area contributed by atoms with Gasteiger partial charge in [0.2, 0.25) is 5.91 Å². The minimum atomic E-state index is -0.0136. The Kier molecular flexibility index (Phi) is 4.59. The standard InChI is InChI=1S/C11H21BrN2O/c1-5-10(12)11(15)14-6-8(2)13(4)9(3)7-14/h8-10H,5-7H2,1-4H3/t8-,9+,10?. The first kappa shape index (κ1) is 13.0. The third-order valence-electron chi connectivity index (χ3n) is 3.30. The molecule has 1 unspecified atom stereocenters. The van der Waals surface area contributed by atoms with Crippen LogP contribution in [0.25, 0.3) is 0 Å². The summed E-state index contributed by atoms with van der Waals surface area (Å²) in [5, 5.41) is 0. The summed E-state index contributed by atoms with van der Waals surface area (Å²) in [5.41, 5.74) is 0. The topological polar surface area (TPSA) is 23.6 Å². The molecule has 0 N–H and O–H groups in total. The molecule has 1 aliphatic heterocycles. The summed E-state index contributed by atoms with van der Waals surface area (Å²) < 4.78 is 0. The predicted octanol–water partition coefficient (Wildman–Crippen LogP) is 1.71. The Morgan fingerprint density at radius 1 is 1.40 bits per heavy atom. The van der Waals surface area contributed by atoms with Crippen molar-refractivity contribution in [2.45, 2.75) is 44.1 Å². The fourth-order valence-corrected chi connectivity index (χ4v) is 2.25. The van der Waals surface area contributed by atoms with E-state index in [9.17, 15) is 4.79 Å².